The molecule has 0 aliphatic rings. The molecule has 0 saturated heterocycles. The Hall–Kier alpha value is -1.39. The Morgan fingerprint density at radius 3 is 2.42 bits per heavy atom. The van der Waals surface area contributed by atoms with Gasteiger partial charge in [0.25, 0.3) is 0 Å². The fraction of sp³-hybridized carbons (Fsp3) is 0.333. The molecule has 19 heavy (non-hydrogen) atoms. The average Bonchev–Trinajstić information content (AvgIpc) is 2.38. The molecule has 0 spiro atoms. The highest BCUT2D eigenvalue weighted by molar-refractivity contribution is 7.99. The highest BCUT2D eigenvalue weighted by atomic mass is 32.2. The van der Waals surface area contributed by atoms with E-state index >= 15 is 0 Å². The van der Waals surface area contributed by atoms with E-state index in [2.05, 4.69) is 42.1 Å². The second-order valence-electron chi connectivity index (χ2n) is 5.38. The summed E-state index contributed by atoms with van der Waals surface area (Å²) in [5.41, 5.74) is 1.32. The molecule has 0 radical (unpaired) electrons. The quantitative estimate of drug-likeness (QED) is 0.925. The Labute approximate surface area is 118 Å². The van der Waals surface area contributed by atoms with Crippen LogP contribution in [0, 0.1) is 0 Å². The summed E-state index contributed by atoms with van der Waals surface area (Å²) >= 11 is 1.58. The number of aromatic nitrogens is 2. The van der Waals surface area contributed by atoms with Crippen molar-refractivity contribution < 1.29 is 0 Å². The second-order valence-corrected chi connectivity index (χ2v) is 6.42. The largest absolute Gasteiger partial charge is 0.308 e. The standard InChI is InChI=1S/C15H19N3S/c1-15(2,3)18-11-12-7-8-14(17-10-12)19-13-6-4-5-9-16-13/h4-10,18H,11H2,1-3H3. The summed E-state index contributed by atoms with van der Waals surface area (Å²) in [5.74, 6) is 0. The van der Waals surface area contributed by atoms with Crippen LogP contribution in [0.25, 0.3) is 0 Å². The van der Waals surface area contributed by atoms with Crippen molar-refractivity contribution in [3.63, 3.8) is 0 Å². The Morgan fingerprint density at radius 2 is 1.84 bits per heavy atom. The van der Waals surface area contributed by atoms with Crippen molar-refractivity contribution in [2.75, 3.05) is 0 Å². The highest BCUT2D eigenvalue weighted by Gasteiger charge is 2.08. The van der Waals surface area contributed by atoms with Gasteiger partial charge < -0.3 is 5.32 Å². The summed E-state index contributed by atoms with van der Waals surface area (Å²) in [6.07, 6.45) is 3.72. The van der Waals surface area contributed by atoms with Crippen molar-refractivity contribution >= 4 is 11.8 Å². The molecule has 2 rings (SSSR count). The number of rotatable bonds is 4. The van der Waals surface area contributed by atoms with E-state index in [9.17, 15) is 0 Å². The third kappa shape index (κ3) is 5.01. The summed E-state index contributed by atoms with van der Waals surface area (Å²) < 4.78 is 0. The van der Waals surface area contributed by atoms with Gasteiger partial charge in [0.05, 0.1) is 0 Å². The van der Waals surface area contributed by atoms with Gasteiger partial charge >= 0.3 is 0 Å². The molecule has 2 heterocycles. The molecule has 0 aromatic carbocycles. The minimum atomic E-state index is 0.126. The smallest absolute Gasteiger partial charge is 0.102 e. The van der Waals surface area contributed by atoms with E-state index in [-0.39, 0.29) is 5.54 Å². The number of nitrogens with zero attached hydrogens (tertiary/aromatic N) is 2. The maximum atomic E-state index is 4.46. The first kappa shape index (κ1) is 14.0. The molecule has 2 aromatic heterocycles. The molecule has 0 atom stereocenters. The van der Waals surface area contributed by atoms with Crippen LogP contribution in [0.4, 0.5) is 0 Å². The van der Waals surface area contributed by atoms with Gasteiger partial charge in [0.2, 0.25) is 0 Å². The molecule has 1 N–H and O–H groups in total. The van der Waals surface area contributed by atoms with Gasteiger partial charge in [-0.25, -0.2) is 9.97 Å². The van der Waals surface area contributed by atoms with Crippen LogP contribution in [0.2, 0.25) is 0 Å². The van der Waals surface area contributed by atoms with E-state index in [1.807, 2.05) is 30.5 Å². The lowest BCUT2D eigenvalue weighted by atomic mass is 10.1. The zero-order valence-corrected chi connectivity index (χ0v) is 12.4. The highest BCUT2D eigenvalue weighted by Crippen LogP contribution is 2.23. The Morgan fingerprint density at radius 1 is 1.05 bits per heavy atom. The normalized spacial score (nSPS) is 11.5. The average molecular weight is 273 g/mol. The van der Waals surface area contributed by atoms with Crippen molar-refractivity contribution in [2.45, 2.75) is 42.9 Å². The van der Waals surface area contributed by atoms with Gasteiger partial charge in [-0.2, -0.15) is 0 Å². The minimum absolute atomic E-state index is 0.126. The predicted molar refractivity (Wildman–Crippen MR) is 79.2 cm³/mol. The Kier molecular flexibility index (Phi) is 4.56. The zero-order valence-electron chi connectivity index (χ0n) is 11.6. The van der Waals surface area contributed by atoms with Crippen LogP contribution in [0.1, 0.15) is 26.3 Å². The van der Waals surface area contributed by atoms with Crippen LogP contribution >= 0.6 is 11.8 Å². The third-order valence-electron chi connectivity index (χ3n) is 2.47. The summed E-state index contributed by atoms with van der Waals surface area (Å²) in [7, 11) is 0. The van der Waals surface area contributed by atoms with Gasteiger partial charge in [-0.1, -0.05) is 23.9 Å². The molecule has 0 saturated carbocycles. The second kappa shape index (κ2) is 6.17. The SMILES string of the molecule is CC(C)(C)NCc1ccc(Sc2ccccn2)nc1. The predicted octanol–water partition coefficient (Wildman–Crippen LogP) is 3.52. The van der Waals surface area contributed by atoms with Crippen molar-refractivity contribution in [2.24, 2.45) is 0 Å². The number of nitrogens with one attached hydrogen (secondary N) is 1. The van der Waals surface area contributed by atoms with E-state index in [1.165, 1.54) is 5.56 Å². The van der Waals surface area contributed by atoms with E-state index in [1.54, 1.807) is 18.0 Å². The number of pyridine rings is 2. The van der Waals surface area contributed by atoms with Crippen molar-refractivity contribution in [1.82, 2.24) is 15.3 Å². The molecule has 0 aliphatic carbocycles. The van der Waals surface area contributed by atoms with Gasteiger partial charge in [-0.3, -0.25) is 0 Å². The van der Waals surface area contributed by atoms with Crippen LogP contribution in [-0.4, -0.2) is 15.5 Å². The van der Waals surface area contributed by atoms with Crippen LogP contribution < -0.4 is 5.32 Å². The van der Waals surface area contributed by atoms with E-state index in [0.717, 1.165) is 16.6 Å². The van der Waals surface area contributed by atoms with Gasteiger partial charge in [-0.15, -0.1) is 0 Å². The van der Waals surface area contributed by atoms with Gasteiger partial charge in [-0.05, 0) is 44.5 Å². The van der Waals surface area contributed by atoms with E-state index < -0.39 is 0 Å². The minimum Gasteiger partial charge on any atom is -0.308 e. The molecule has 0 bridgehead atoms. The molecular formula is C15H19N3S. The molecule has 0 amide bonds. The maximum absolute atomic E-state index is 4.46. The first-order chi connectivity index (χ1) is 9.03. The molecular weight excluding hydrogens is 254 g/mol. The van der Waals surface area contributed by atoms with Crippen LogP contribution in [0.15, 0.2) is 52.8 Å². The van der Waals surface area contributed by atoms with E-state index in [0.29, 0.717) is 0 Å². The van der Waals surface area contributed by atoms with Crippen LogP contribution in [0.5, 0.6) is 0 Å². The monoisotopic (exact) mass is 273 g/mol. The Bertz CT molecular complexity index is 503. The Balaban J connectivity index is 1.95. The number of hydrogen-bond acceptors (Lipinski definition) is 4. The maximum Gasteiger partial charge on any atom is 0.102 e. The topological polar surface area (TPSA) is 37.8 Å². The van der Waals surface area contributed by atoms with Crippen molar-refractivity contribution in [3.8, 4) is 0 Å². The van der Waals surface area contributed by atoms with Crippen LogP contribution in [0.3, 0.4) is 0 Å². The first-order valence-corrected chi connectivity index (χ1v) is 7.13. The molecule has 2 aromatic rings. The lowest BCUT2D eigenvalue weighted by molar-refractivity contribution is 0.424. The van der Waals surface area contributed by atoms with Gasteiger partial charge in [0, 0.05) is 24.5 Å². The van der Waals surface area contributed by atoms with Gasteiger partial charge in [0.15, 0.2) is 0 Å². The van der Waals surface area contributed by atoms with E-state index in [4.69, 9.17) is 0 Å². The van der Waals surface area contributed by atoms with Crippen molar-refractivity contribution in [3.05, 3.63) is 48.3 Å². The molecule has 0 unspecified atom stereocenters. The lowest BCUT2D eigenvalue weighted by Crippen LogP contribution is -2.35. The van der Waals surface area contributed by atoms with Crippen LogP contribution in [-0.2, 0) is 6.54 Å². The molecule has 0 aliphatic heterocycles. The lowest BCUT2D eigenvalue weighted by Gasteiger charge is -2.20. The fourth-order valence-electron chi connectivity index (χ4n) is 1.46. The fourth-order valence-corrected chi connectivity index (χ4v) is 2.17. The molecule has 4 heteroatoms. The number of hydrogen-bond donors (Lipinski definition) is 1. The zero-order chi connectivity index (χ0) is 13.7. The third-order valence-corrected chi connectivity index (χ3v) is 3.37. The summed E-state index contributed by atoms with van der Waals surface area (Å²) in [6.45, 7) is 7.31. The van der Waals surface area contributed by atoms with Crippen molar-refractivity contribution in [1.29, 1.82) is 0 Å². The summed E-state index contributed by atoms with van der Waals surface area (Å²) in [6, 6.07) is 10.0. The van der Waals surface area contributed by atoms with Gasteiger partial charge in [0.1, 0.15) is 10.1 Å². The first-order valence-electron chi connectivity index (χ1n) is 6.32. The molecule has 3 nitrogen and oxygen atoms in total. The summed E-state index contributed by atoms with van der Waals surface area (Å²) in [4.78, 5) is 8.73. The molecule has 0 fully saturated rings. The summed E-state index contributed by atoms with van der Waals surface area (Å²) in [5, 5.41) is 5.39. The molecule has 100 valence electrons.